The smallest absolute Gasteiger partial charge is 0.223 e. The number of nitrogens with zero attached hydrogens (tertiary/aromatic N) is 3. The molecule has 2 aromatic rings. The molecule has 24 heavy (non-hydrogen) atoms. The Hall–Kier alpha value is -2.12. The number of benzene rings is 1. The third-order valence-electron chi connectivity index (χ3n) is 4.00. The molecule has 8 heteroatoms. The van der Waals surface area contributed by atoms with Crippen LogP contribution in [0.1, 0.15) is 18.4 Å². The highest BCUT2D eigenvalue weighted by molar-refractivity contribution is 6.29. The SMILES string of the molecule is Nc1nc(Cl)cc(NCc2ccc(N3CCC(O)CC3)c(F)c2)n1. The van der Waals surface area contributed by atoms with Gasteiger partial charge < -0.3 is 21.1 Å². The van der Waals surface area contributed by atoms with Gasteiger partial charge in [0.1, 0.15) is 16.8 Å². The van der Waals surface area contributed by atoms with Gasteiger partial charge in [-0.15, -0.1) is 0 Å². The van der Waals surface area contributed by atoms with Crippen LogP contribution in [0, 0.1) is 5.82 Å². The number of nitrogen functional groups attached to an aromatic ring is 1. The largest absolute Gasteiger partial charge is 0.393 e. The lowest BCUT2D eigenvalue weighted by atomic mass is 10.1. The number of hydrogen-bond donors (Lipinski definition) is 3. The molecule has 0 atom stereocenters. The first kappa shape index (κ1) is 16.7. The van der Waals surface area contributed by atoms with E-state index in [1.165, 1.54) is 6.07 Å². The lowest BCUT2D eigenvalue weighted by Gasteiger charge is -2.31. The van der Waals surface area contributed by atoms with E-state index in [0.29, 0.717) is 44.0 Å². The lowest BCUT2D eigenvalue weighted by molar-refractivity contribution is 0.145. The molecule has 0 saturated carbocycles. The van der Waals surface area contributed by atoms with Gasteiger partial charge in [-0.3, -0.25) is 0 Å². The molecule has 0 spiro atoms. The second kappa shape index (κ2) is 7.19. The van der Waals surface area contributed by atoms with Crippen molar-refractivity contribution in [1.82, 2.24) is 9.97 Å². The number of hydrogen-bond acceptors (Lipinski definition) is 6. The monoisotopic (exact) mass is 351 g/mol. The van der Waals surface area contributed by atoms with Crippen molar-refractivity contribution in [1.29, 1.82) is 0 Å². The van der Waals surface area contributed by atoms with Crippen molar-refractivity contribution < 1.29 is 9.50 Å². The Kier molecular flexibility index (Phi) is 5.01. The molecule has 1 aliphatic heterocycles. The van der Waals surface area contributed by atoms with Crippen molar-refractivity contribution in [3.8, 4) is 0 Å². The van der Waals surface area contributed by atoms with Crippen molar-refractivity contribution in [2.45, 2.75) is 25.5 Å². The topological polar surface area (TPSA) is 87.3 Å². The first-order valence-electron chi connectivity index (χ1n) is 7.76. The third-order valence-corrected chi connectivity index (χ3v) is 4.20. The van der Waals surface area contributed by atoms with E-state index in [-0.39, 0.29) is 23.0 Å². The molecule has 2 heterocycles. The minimum absolute atomic E-state index is 0.0822. The molecule has 0 amide bonds. The molecule has 128 valence electrons. The fraction of sp³-hybridized carbons (Fsp3) is 0.375. The average molecular weight is 352 g/mol. The summed E-state index contributed by atoms with van der Waals surface area (Å²) < 4.78 is 14.4. The van der Waals surface area contributed by atoms with Crippen molar-refractivity contribution in [3.05, 3.63) is 40.8 Å². The molecule has 1 saturated heterocycles. The molecule has 0 bridgehead atoms. The first-order valence-corrected chi connectivity index (χ1v) is 8.14. The molecular formula is C16H19ClFN5O. The second-order valence-corrected chi connectivity index (χ2v) is 6.18. The summed E-state index contributed by atoms with van der Waals surface area (Å²) >= 11 is 5.82. The molecule has 3 rings (SSSR count). The van der Waals surface area contributed by atoms with Crippen molar-refractivity contribution in [2.24, 2.45) is 0 Å². The van der Waals surface area contributed by atoms with E-state index in [0.717, 1.165) is 5.56 Å². The van der Waals surface area contributed by atoms with E-state index < -0.39 is 0 Å². The summed E-state index contributed by atoms with van der Waals surface area (Å²) in [5.74, 6) is 0.298. The maximum absolute atomic E-state index is 14.4. The number of aromatic nitrogens is 2. The van der Waals surface area contributed by atoms with Gasteiger partial charge in [0, 0.05) is 25.7 Å². The Balaban J connectivity index is 1.66. The zero-order chi connectivity index (χ0) is 17.1. The van der Waals surface area contributed by atoms with Gasteiger partial charge in [0.25, 0.3) is 0 Å². The van der Waals surface area contributed by atoms with Crippen molar-refractivity contribution >= 4 is 29.1 Å². The van der Waals surface area contributed by atoms with E-state index >= 15 is 0 Å². The highest BCUT2D eigenvalue weighted by Crippen LogP contribution is 2.24. The highest BCUT2D eigenvalue weighted by Gasteiger charge is 2.19. The van der Waals surface area contributed by atoms with Gasteiger partial charge >= 0.3 is 0 Å². The van der Waals surface area contributed by atoms with Crippen LogP contribution in [0.4, 0.5) is 21.8 Å². The molecule has 1 fully saturated rings. The standard InChI is InChI=1S/C16H19ClFN5O/c17-14-8-15(22-16(19)21-14)20-9-10-1-2-13(12(18)7-10)23-5-3-11(24)4-6-23/h1-2,7-8,11,24H,3-6,9H2,(H3,19,20,21,22). The normalized spacial score (nSPS) is 15.5. The van der Waals surface area contributed by atoms with Crippen molar-refractivity contribution in [2.75, 3.05) is 29.0 Å². The summed E-state index contributed by atoms with van der Waals surface area (Å²) in [6.07, 6.45) is 1.05. The van der Waals surface area contributed by atoms with Crippen LogP contribution in [0.3, 0.4) is 0 Å². The van der Waals surface area contributed by atoms with Gasteiger partial charge in [-0.25, -0.2) is 9.37 Å². The van der Waals surface area contributed by atoms with Crippen molar-refractivity contribution in [3.63, 3.8) is 0 Å². The number of anilines is 3. The second-order valence-electron chi connectivity index (χ2n) is 5.79. The molecule has 1 aliphatic rings. The van der Waals surface area contributed by atoms with E-state index in [1.54, 1.807) is 12.1 Å². The first-order chi connectivity index (χ1) is 11.5. The van der Waals surface area contributed by atoms with Crippen LogP contribution in [0.5, 0.6) is 0 Å². The van der Waals surface area contributed by atoms with Gasteiger partial charge in [0.15, 0.2) is 0 Å². The molecule has 0 aliphatic carbocycles. The van der Waals surface area contributed by atoms with Gasteiger partial charge in [-0.05, 0) is 30.5 Å². The number of aliphatic hydroxyl groups excluding tert-OH is 1. The molecule has 4 N–H and O–H groups in total. The number of nitrogens with two attached hydrogens (primary N) is 1. The molecule has 1 aromatic carbocycles. The summed E-state index contributed by atoms with van der Waals surface area (Å²) in [6.45, 7) is 1.71. The maximum Gasteiger partial charge on any atom is 0.223 e. The Labute approximate surface area is 144 Å². The summed E-state index contributed by atoms with van der Waals surface area (Å²) in [5.41, 5.74) is 6.88. The zero-order valence-electron chi connectivity index (χ0n) is 13.0. The van der Waals surface area contributed by atoms with E-state index in [9.17, 15) is 9.50 Å². The predicted octanol–water partition coefficient (Wildman–Crippen LogP) is 2.42. The van der Waals surface area contributed by atoms with Crippen LogP contribution in [-0.2, 0) is 6.54 Å². The Morgan fingerprint density at radius 2 is 2.04 bits per heavy atom. The van der Waals surface area contributed by atoms with Gasteiger partial charge in [0.2, 0.25) is 5.95 Å². The Morgan fingerprint density at radius 3 is 2.71 bits per heavy atom. The number of halogens is 2. The van der Waals surface area contributed by atoms with Gasteiger partial charge in [-0.1, -0.05) is 17.7 Å². The predicted molar refractivity (Wildman–Crippen MR) is 92.6 cm³/mol. The Morgan fingerprint density at radius 1 is 1.29 bits per heavy atom. The highest BCUT2D eigenvalue weighted by atomic mass is 35.5. The van der Waals surface area contributed by atoms with Crippen LogP contribution in [0.2, 0.25) is 5.15 Å². The summed E-state index contributed by atoms with van der Waals surface area (Å²) in [5, 5.41) is 12.8. The minimum Gasteiger partial charge on any atom is -0.393 e. The van der Waals surface area contributed by atoms with Crippen LogP contribution in [0.25, 0.3) is 0 Å². The fourth-order valence-corrected chi connectivity index (χ4v) is 2.93. The van der Waals surface area contributed by atoms with Crippen LogP contribution < -0.4 is 16.0 Å². The molecule has 0 radical (unpaired) electrons. The average Bonchev–Trinajstić information content (AvgIpc) is 2.53. The van der Waals surface area contributed by atoms with E-state index in [4.69, 9.17) is 17.3 Å². The molecule has 6 nitrogen and oxygen atoms in total. The molecule has 1 aromatic heterocycles. The van der Waals surface area contributed by atoms with Gasteiger partial charge in [0.05, 0.1) is 11.8 Å². The quantitative estimate of drug-likeness (QED) is 0.733. The summed E-state index contributed by atoms with van der Waals surface area (Å²) in [4.78, 5) is 9.76. The molecular weight excluding hydrogens is 333 g/mol. The molecule has 0 unspecified atom stereocenters. The van der Waals surface area contributed by atoms with Crippen LogP contribution >= 0.6 is 11.6 Å². The maximum atomic E-state index is 14.4. The summed E-state index contributed by atoms with van der Waals surface area (Å²) in [6, 6.07) is 6.69. The van der Waals surface area contributed by atoms with Crippen LogP contribution in [0.15, 0.2) is 24.3 Å². The van der Waals surface area contributed by atoms with Gasteiger partial charge in [-0.2, -0.15) is 4.98 Å². The van der Waals surface area contributed by atoms with Crippen LogP contribution in [-0.4, -0.2) is 34.3 Å². The minimum atomic E-state index is -0.278. The number of nitrogens with one attached hydrogen (secondary N) is 1. The zero-order valence-corrected chi connectivity index (χ0v) is 13.8. The number of piperidine rings is 1. The number of aliphatic hydroxyl groups is 1. The third kappa shape index (κ3) is 4.04. The number of rotatable bonds is 4. The summed E-state index contributed by atoms with van der Waals surface area (Å²) in [7, 11) is 0. The van der Waals surface area contributed by atoms with E-state index in [1.807, 2.05) is 11.0 Å². The fourth-order valence-electron chi connectivity index (χ4n) is 2.74. The van der Waals surface area contributed by atoms with E-state index in [2.05, 4.69) is 15.3 Å². The lowest BCUT2D eigenvalue weighted by Crippen LogP contribution is -2.36. The Bertz CT molecular complexity index is 701.